The van der Waals surface area contributed by atoms with E-state index in [-0.39, 0.29) is 27.7 Å². The Morgan fingerprint density at radius 2 is 1.93 bits per heavy atom. The molecule has 1 aromatic carbocycles. The van der Waals surface area contributed by atoms with Crippen LogP contribution in [0.25, 0.3) is 10.9 Å². The molecular formula is C20H15F3N4O2. The molecule has 0 fully saturated rings. The van der Waals surface area contributed by atoms with Crippen LogP contribution in [-0.2, 0) is 4.79 Å². The minimum Gasteiger partial charge on any atom is -0.347 e. The molecular weight excluding hydrogens is 385 g/mol. The maximum atomic E-state index is 14.1. The molecule has 0 saturated heterocycles. The summed E-state index contributed by atoms with van der Waals surface area (Å²) in [5, 5.41) is 11.1. The van der Waals surface area contributed by atoms with Crippen molar-refractivity contribution in [3.05, 3.63) is 75.1 Å². The molecule has 2 atom stereocenters. The van der Waals surface area contributed by atoms with Crippen LogP contribution < -0.4 is 10.9 Å². The zero-order valence-electron chi connectivity index (χ0n) is 15.4. The lowest BCUT2D eigenvalue weighted by atomic mass is 9.99. The Hall–Kier alpha value is -3.67. The van der Waals surface area contributed by atoms with Crippen LogP contribution in [0.4, 0.5) is 13.2 Å². The van der Waals surface area contributed by atoms with E-state index in [1.54, 1.807) is 6.07 Å². The van der Waals surface area contributed by atoms with Crippen LogP contribution in [-0.4, -0.2) is 15.9 Å². The number of aromatic amines is 1. The summed E-state index contributed by atoms with van der Waals surface area (Å²) < 4.78 is 41.6. The number of fused-ring (bicyclic) bond motifs is 1. The number of halogens is 3. The van der Waals surface area contributed by atoms with Crippen molar-refractivity contribution >= 4 is 16.8 Å². The third-order valence-corrected chi connectivity index (χ3v) is 4.57. The highest BCUT2D eigenvalue weighted by atomic mass is 19.2. The van der Waals surface area contributed by atoms with Crippen molar-refractivity contribution in [1.82, 2.24) is 15.3 Å². The third kappa shape index (κ3) is 3.82. The van der Waals surface area contributed by atoms with Gasteiger partial charge in [-0.3, -0.25) is 14.6 Å². The summed E-state index contributed by atoms with van der Waals surface area (Å²) in [6.07, 6.45) is 1.18. The highest BCUT2D eigenvalue weighted by molar-refractivity contribution is 5.86. The molecule has 0 aliphatic heterocycles. The molecule has 0 radical (unpaired) electrons. The zero-order valence-corrected chi connectivity index (χ0v) is 15.4. The first-order valence-electron chi connectivity index (χ1n) is 8.59. The van der Waals surface area contributed by atoms with Gasteiger partial charge in [0, 0.05) is 17.1 Å². The number of aromatic nitrogens is 2. The molecule has 2 aromatic heterocycles. The van der Waals surface area contributed by atoms with Crippen molar-refractivity contribution in [1.29, 1.82) is 5.26 Å². The third-order valence-electron chi connectivity index (χ3n) is 4.57. The van der Waals surface area contributed by atoms with Gasteiger partial charge < -0.3 is 10.3 Å². The maximum absolute atomic E-state index is 14.1. The average molecular weight is 400 g/mol. The van der Waals surface area contributed by atoms with Crippen molar-refractivity contribution in [2.75, 3.05) is 0 Å². The fourth-order valence-electron chi connectivity index (χ4n) is 2.93. The maximum Gasteiger partial charge on any atom is 0.252 e. The first-order chi connectivity index (χ1) is 13.7. The standard InChI is InChI=1S/C20H15F3N4O2/c1-9(12-6-13-16(27-20(12)29)4-3-14(21)17(13)23)19(28)26-10(2)18-15(22)5-11(7-24)8-25-18/h3-6,8-10H,1-2H3,(H,26,28)(H,27,29)/t9-,10-/m1/s1. The van der Waals surface area contributed by atoms with E-state index in [1.807, 2.05) is 0 Å². The summed E-state index contributed by atoms with van der Waals surface area (Å²) in [4.78, 5) is 31.1. The van der Waals surface area contributed by atoms with Gasteiger partial charge in [-0.15, -0.1) is 0 Å². The van der Waals surface area contributed by atoms with E-state index in [2.05, 4.69) is 15.3 Å². The first-order valence-corrected chi connectivity index (χ1v) is 8.59. The van der Waals surface area contributed by atoms with Gasteiger partial charge in [0.15, 0.2) is 11.6 Å². The Kier molecular flexibility index (Phi) is 5.37. The lowest BCUT2D eigenvalue weighted by molar-refractivity contribution is -0.122. The largest absolute Gasteiger partial charge is 0.347 e. The van der Waals surface area contributed by atoms with Gasteiger partial charge in [0.2, 0.25) is 5.91 Å². The number of nitrogens with one attached hydrogen (secondary N) is 2. The monoisotopic (exact) mass is 400 g/mol. The van der Waals surface area contributed by atoms with Crippen LogP contribution in [0.1, 0.15) is 42.6 Å². The predicted molar refractivity (Wildman–Crippen MR) is 98.4 cm³/mol. The second kappa shape index (κ2) is 7.75. The molecule has 0 saturated carbocycles. The number of rotatable bonds is 4. The average Bonchev–Trinajstić information content (AvgIpc) is 2.69. The van der Waals surface area contributed by atoms with Gasteiger partial charge in [-0.2, -0.15) is 5.26 Å². The fourth-order valence-corrected chi connectivity index (χ4v) is 2.93. The van der Waals surface area contributed by atoms with E-state index in [0.29, 0.717) is 0 Å². The molecule has 6 nitrogen and oxygen atoms in total. The summed E-state index contributed by atoms with van der Waals surface area (Å²) in [6.45, 7) is 2.90. The number of hydrogen-bond donors (Lipinski definition) is 2. The van der Waals surface area contributed by atoms with Crippen LogP contribution in [0.15, 0.2) is 35.3 Å². The normalized spacial score (nSPS) is 13.0. The molecule has 9 heteroatoms. The number of benzene rings is 1. The van der Waals surface area contributed by atoms with E-state index in [9.17, 15) is 22.8 Å². The van der Waals surface area contributed by atoms with E-state index in [4.69, 9.17) is 5.26 Å². The molecule has 2 heterocycles. The number of amides is 1. The number of carbonyl (C=O) groups is 1. The number of nitrogens with zero attached hydrogens (tertiary/aromatic N) is 2. The van der Waals surface area contributed by atoms with Gasteiger partial charge in [-0.1, -0.05) is 0 Å². The molecule has 0 aliphatic rings. The van der Waals surface area contributed by atoms with E-state index >= 15 is 0 Å². The second-order valence-corrected chi connectivity index (χ2v) is 6.53. The topological polar surface area (TPSA) is 98.6 Å². The predicted octanol–water partition coefficient (Wildman–Crippen LogP) is 3.19. The lowest BCUT2D eigenvalue weighted by Gasteiger charge is -2.18. The Morgan fingerprint density at radius 3 is 2.59 bits per heavy atom. The quantitative estimate of drug-likeness (QED) is 0.703. The van der Waals surface area contributed by atoms with Gasteiger partial charge in [0.25, 0.3) is 5.56 Å². The van der Waals surface area contributed by atoms with Crippen molar-refractivity contribution in [3.8, 4) is 6.07 Å². The van der Waals surface area contributed by atoms with Crippen molar-refractivity contribution in [2.45, 2.75) is 25.8 Å². The van der Waals surface area contributed by atoms with E-state index in [0.717, 1.165) is 18.2 Å². The Bertz CT molecular complexity index is 1220. The molecule has 1 amide bonds. The number of nitriles is 1. The van der Waals surface area contributed by atoms with Crippen LogP contribution in [0.3, 0.4) is 0 Å². The van der Waals surface area contributed by atoms with Crippen molar-refractivity contribution in [2.24, 2.45) is 0 Å². The van der Waals surface area contributed by atoms with Gasteiger partial charge in [0.1, 0.15) is 11.9 Å². The van der Waals surface area contributed by atoms with Gasteiger partial charge >= 0.3 is 0 Å². The summed E-state index contributed by atoms with van der Waals surface area (Å²) >= 11 is 0. The van der Waals surface area contributed by atoms with E-state index in [1.165, 1.54) is 26.1 Å². The van der Waals surface area contributed by atoms with Crippen LogP contribution in [0, 0.1) is 28.8 Å². The number of carbonyl (C=O) groups excluding carboxylic acids is 1. The van der Waals surface area contributed by atoms with Crippen LogP contribution in [0.2, 0.25) is 0 Å². The molecule has 0 unspecified atom stereocenters. The second-order valence-electron chi connectivity index (χ2n) is 6.53. The molecule has 2 N–H and O–H groups in total. The van der Waals surface area contributed by atoms with E-state index < -0.39 is 40.9 Å². The SMILES string of the molecule is C[C@@H](NC(=O)[C@H](C)c1cc2c(F)c(F)ccc2[nH]c1=O)c1ncc(C#N)cc1F. The molecule has 0 bridgehead atoms. The smallest absolute Gasteiger partial charge is 0.252 e. The number of pyridine rings is 2. The molecule has 0 spiro atoms. The van der Waals surface area contributed by atoms with Crippen LogP contribution >= 0.6 is 0 Å². The molecule has 0 aliphatic carbocycles. The summed E-state index contributed by atoms with van der Waals surface area (Å²) in [5.41, 5.74) is -0.635. The molecule has 29 heavy (non-hydrogen) atoms. The van der Waals surface area contributed by atoms with Crippen LogP contribution in [0.5, 0.6) is 0 Å². The fraction of sp³-hybridized carbons (Fsp3) is 0.200. The van der Waals surface area contributed by atoms with Crippen molar-refractivity contribution in [3.63, 3.8) is 0 Å². The highest BCUT2D eigenvalue weighted by Gasteiger charge is 2.23. The lowest BCUT2D eigenvalue weighted by Crippen LogP contribution is -2.33. The number of H-pyrrole nitrogens is 1. The molecule has 148 valence electrons. The summed E-state index contributed by atoms with van der Waals surface area (Å²) in [7, 11) is 0. The zero-order chi connectivity index (χ0) is 21.3. The Morgan fingerprint density at radius 1 is 1.21 bits per heavy atom. The number of hydrogen-bond acceptors (Lipinski definition) is 4. The first kappa shape index (κ1) is 20.1. The Labute approximate surface area is 163 Å². The van der Waals surface area contributed by atoms with Crippen molar-refractivity contribution < 1.29 is 18.0 Å². The van der Waals surface area contributed by atoms with Gasteiger partial charge in [0.05, 0.1) is 28.7 Å². The highest BCUT2D eigenvalue weighted by Crippen LogP contribution is 2.22. The van der Waals surface area contributed by atoms with Gasteiger partial charge in [-0.25, -0.2) is 13.2 Å². The summed E-state index contributed by atoms with van der Waals surface area (Å²) in [5.74, 6) is -4.64. The summed E-state index contributed by atoms with van der Waals surface area (Å²) in [6, 6.07) is 5.15. The van der Waals surface area contributed by atoms with Gasteiger partial charge in [-0.05, 0) is 38.1 Å². The molecule has 3 rings (SSSR count). The minimum absolute atomic E-state index is 0.0371. The molecule has 3 aromatic rings. The Balaban J connectivity index is 1.88. The minimum atomic E-state index is -1.13.